The van der Waals surface area contributed by atoms with E-state index < -0.39 is 9.84 Å². The van der Waals surface area contributed by atoms with E-state index in [0.717, 1.165) is 12.1 Å². The fourth-order valence-electron chi connectivity index (χ4n) is 1.74. The van der Waals surface area contributed by atoms with Gasteiger partial charge in [0, 0.05) is 18.0 Å². The first-order chi connectivity index (χ1) is 6.47. The van der Waals surface area contributed by atoms with E-state index in [2.05, 4.69) is 12.2 Å². The van der Waals surface area contributed by atoms with Gasteiger partial charge < -0.3 is 5.32 Å². The van der Waals surface area contributed by atoms with E-state index >= 15 is 0 Å². The van der Waals surface area contributed by atoms with E-state index in [1.807, 2.05) is 6.07 Å². The minimum absolute atomic E-state index is 0.387. The van der Waals surface area contributed by atoms with Gasteiger partial charge in [-0.1, -0.05) is 6.07 Å². The topological polar surface area (TPSA) is 46.2 Å². The minimum atomic E-state index is -3.08. The van der Waals surface area contributed by atoms with Crippen molar-refractivity contribution in [3.8, 4) is 0 Å². The summed E-state index contributed by atoms with van der Waals surface area (Å²) in [5, 5.41) is 3.25. The summed E-state index contributed by atoms with van der Waals surface area (Å²) >= 11 is 0. The second-order valence-corrected chi connectivity index (χ2v) is 5.86. The van der Waals surface area contributed by atoms with Crippen molar-refractivity contribution in [2.45, 2.75) is 24.3 Å². The minimum Gasteiger partial charge on any atom is -0.382 e. The quantitative estimate of drug-likeness (QED) is 0.764. The molecule has 3 nitrogen and oxygen atoms in total. The third-order valence-electron chi connectivity index (χ3n) is 2.44. The van der Waals surface area contributed by atoms with E-state index in [1.54, 1.807) is 12.1 Å². The molecule has 1 aromatic rings. The molecule has 0 saturated heterocycles. The summed E-state index contributed by atoms with van der Waals surface area (Å²) in [7, 11) is -3.08. The van der Waals surface area contributed by atoms with Crippen LogP contribution in [0.15, 0.2) is 23.1 Å². The Labute approximate surface area is 84.1 Å². The number of benzene rings is 1. The lowest BCUT2D eigenvalue weighted by atomic mass is 10.1. The van der Waals surface area contributed by atoms with E-state index in [4.69, 9.17) is 0 Å². The highest BCUT2D eigenvalue weighted by molar-refractivity contribution is 7.90. The fourth-order valence-corrected chi connectivity index (χ4v) is 2.39. The summed E-state index contributed by atoms with van der Waals surface area (Å²) in [5.74, 6) is 0. The summed E-state index contributed by atoms with van der Waals surface area (Å²) in [5.41, 5.74) is 2.16. The van der Waals surface area contributed by atoms with Crippen LogP contribution in [0, 0.1) is 0 Å². The third-order valence-corrected chi connectivity index (χ3v) is 3.55. The van der Waals surface area contributed by atoms with E-state index in [9.17, 15) is 8.42 Å². The van der Waals surface area contributed by atoms with Crippen molar-refractivity contribution in [3.05, 3.63) is 23.8 Å². The van der Waals surface area contributed by atoms with Gasteiger partial charge in [0.15, 0.2) is 9.84 Å². The van der Waals surface area contributed by atoms with Crippen LogP contribution in [0.25, 0.3) is 0 Å². The second-order valence-electron chi connectivity index (χ2n) is 3.84. The van der Waals surface area contributed by atoms with Crippen LogP contribution in [-0.2, 0) is 16.3 Å². The number of rotatable bonds is 1. The molecule has 0 bridgehead atoms. The molecule has 0 spiro atoms. The summed E-state index contributed by atoms with van der Waals surface area (Å²) in [6.45, 7) is 2.08. The van der Waals surface area contributed by atoms with Crippen LogP contribution in [0.3, 0.4) is 0 Å². The SMILES string of the molecule is C[C@H]1Cc2ccc(S(C)(=O)=O)cc2N1. The molecule has 2 rings (SSSR count). The Hall–Kier alpha value is -1.03. The van der Waals surface area contributed by atoms with E-state index in [-0.39, 0.29) is 0 Å². The van der Waals surface area contributed by atoms with Crippen molar-refractivity contribution in [2.24, 2.45) is 0 Å². The average Bonchev–Trinajstić information content (AvgIpc) is 2.41. The van der Waals surface area contributed by atoms with Gasteiger partial charge in [-0.2, -0.15) is 0 Å². The van der Waals surface area contributed by atoms with Crippen LogP contribution < -0.4 is 5.32 Å². The molecule has 0 radical (unpaired) electrons. The van der Waals surface area contributed by atoms with Gasteiger partial charge in [-0.15, -0.1) is 0 Å². The number of nitrogens with one attached hydrogen (secondary N) is 1. The van der Waals surface area contributed by atoms with Gasteiger partial charge >= 0.3 is 0 Å². The fraction of sp³-hybridized carbons (Fsp3) is 0.400. The highest BCUT2D eigenvalue weighted by Crippen LogP contribution is 2.28. The molecular formula is C10H13NO2S. The monoisotopic (exact) mass is 211 g/mol. The number of hydrogen-bond acceptors (Lipinski definition) is 3. The zero-order valence-corrected chi connectivity index (χ0v) is 9.06. The first-order valence-corrected chi connectivity index (χ1v) is 6.45. The first-order valence-electron chi connectivity index (χ1n) is 4.56. The van der Waals surface area contributed by atoms with Crippen LogP contribution in [0.2, 0.25) is 0 Å². The molecule has 0 saturated carbocycles. The molecule has 1 heterocycles. The Kier molecular flexibility index (Phi) is 2.03. The highest BCUT2D eigenvalue weighted by atomic mass is 32.2. The lowest BCUT2D eigenvalue weighted by molar-refractivity contribution is 0.602. The van der Waals surface area contributed by atoms with Crippen LogP contribution >= 0.6 is 0 Å². The molecule has 1 aromatic carbocycles. The molecule has 1 atom stereocenters. The highest BCUT2D eigenvalue weighted by Gasteiger charge is 2.18. The molecule has 0 aromatic heterocycles. The summed E-state index contributed by atoms with van der Waals surface area (Å²) in [6.07, 6.45) is 2.20. The predicted molar refractivity (Wildman–Crippen MR) is 56.3 cm³/mol. The molecule has 4 heteroatoms. The van der Waals surface area contributed by atoms with E-state index in [0.29, 0.717) is 10.9 Å². The molecule has 14 heavy (non-hydrogen) atoms. The van der Waals surface area contributed by atoms with Crippen LogP contribution in [0.4, 0.5) is 5.69 Å². The Morgan fingerprint density at radius 3 is 2.79 bits per heavy atom. The maximum Gasteiger partial charge on any atom is 0.175 e. The number of hydrogen-bond donors (Lipinski definition) is 1. The van der Waals surface area contributed by atoms with Crippen LogP contribution in [0.5, 0.6) is 0 Å². The number of sulfone groups is 1. The Balaban J connectivity index is 2.48. The number of fused-ring (bicyclic) bond motifs is 1. The molecule has 0 amide bonds. The van der Waals surface area contributed by atoms with Gasteiger partial charge in [-0.05, 0) is 31.0 Å². The maximum atomic E-state index is 11.3. The van der Waals surface area contributed by atoms with Gasteiger partial charge in [0.05, 0.1) is 4.90 Å². The third kappa shape index (κ3) is 1.62. The van der Waals surface area contributed by atoms with Gasteiger partial charge in [-0.3, -0.25) is 0 Å². The lowest BCUT2D eigenvalue weighted by Crippen LogP contribution is -2.08. The molecule has 1 N–H and O–H groups in total. The molecule has 1 aliphatic heterocycles. The molecule has 1 aliphatic rings. The molecular weight excluding hydrogens is 198 g/mol. The zero-order chi connectivity index (χ0) is 10.3. The Morgan fingerprint density at radius 1 is 1.43 bits per heavy atom. The molecule has 76 valence electrons. The maximum absolute atomic E-state index is 11.3. The van der Waals surface area contributed by atoms with Crippen LogP contribution in [-0.4, -0.2) is 20.7 Å². The summed E-state index contributed by atoms with van der Waals surface area (Å²) < 4.78 is 22.6. The van der Waals surface area contributed by atoms with Crippen molar-refractivity contribution in [1.29, 1.82) is 0 Å². The van der Waals surface area contributed by atoms with Gasteiger partial charge in [0.2, 0.25) is 0 Å². The predicted octanol–water partition coefficient (Wildman–Crippen LogP) is 1.45. The van der Waals surface area contributed by atoms with Crippen LogP contribution in [0.1, 0.15) is 12.5 Å². The Morgan fingerprint density at radius 2 is 2.14 bits per heavy atom. The van der Waals surface area contributed by atoms with Crippen molar-refractivity contribution < 1.29 is 8.42 Å². The normalized spacial score (nSPS) is 20.3. The standard InChI is InChI=1S/C10H13NO2S/c1-7-5-8-3-4-9(14(2,12)13)6-10(8)11-7/h3-4,6-7,11H,5H2,1-2H3/t7-/m0/s1. The van der Waals surface area contributed by atoms with Crippen molar-refractivity contribution in [1.82, 2.24) is 0 Å². The smallest absolute Gasteiger partial charge is 0.175 e. The second kappa shape index (κ2) is 2.98. The Bertz CT molecular complexity index is 465. The molecule has 0 aliphatic carbocycles. The molecule has 0 unspecified atom stereocenters. The van der Waals surface area contributed by atoms with Gasteiger partial charge in [-0.25, -0.2) is 8.42 Å². The first kappa shape index (κ1) is 9.52. The van der Waals surface area contributed by atoms with Crippen molar-refractivity contribution in [3.63, 3.8) is 0 Å². The molecule has 0 fully saturated rings. The summed E-state index contributed by atoms with van der Waals surface area (Å²) in [4.78, 5) is 0.387. The van der Waals surface area contributed by atoms with Crippen molar-refractivity contribution >= 4 is 15.5 Å². The lowest BCUT2D eigenvalue weighted by Gasteiger charge is -2.04. The van der Waals surface area contributed by atoms with Crippen molar-refractivity contribution in [2.75, 3.05) is 11.6 Å². The summed E-state index contributed by atoms with van der Waals surface area (Å²) in [6, 6.07) is 5.68. The largest absolute Gasteiger partial charge is 0.382 e. The van der Waals surface area contributed by atoms with Gasteiger partial charge in [0.25, 0.3) is 0 Å². The van der Waals surface area contributed by atoms with E-state index in [1.165, 1.54) is 11.8 Å². The van der Waals surface area contributed by atoms with Gasteiger partial charge in [0.1, 0.15) is 0 Å². The zero-order valence-electron chi connectivity index (χ0n) is 8.24. The number of anilines is 1. The average molecular weight is 211 g/mol.